The van der Waals surface area contributed by atoms with E-state index in [9.17, 15) is 0 Å². The Balaban J connectivity index is 1.71. The topological polar surface area (TPSA) is 55.4 Å². The van der Waals surface area contributed by atoms with Gasteiger partial charge in [0.05, 0.1) is 0 Å². The minimum Gasteiger partial charge on any atom is -0.486 e. The van der Waals surface area contributed by atoms with Gasteiger partial charge in [0, 0.05) is 17.6 Å². The maximum atomic E-state index is 5.69. The lowest BCUT2D eigenvalue weighted by Gasteiger charge is -2.25. The molecular formula is C16H19N3O2. The smallest absolute Gasteiger partial charge is 0.162 e. The predicted molar refractivity (Wildman–Crippen MR) is 82.2 cm³/mol. The molecule has 1 saturated heterocycles. The lowest BCUT2D eigenvalue weighted by molar-refractivity contribution is 0.172. The largest absolute Gasteiger partial charge is 0.486 e. The number of anilines is 1. The molecule has 4 rings (SSSR count). The Morgan fingerprint density at radius 3 is 2.67 bits per heavy atom. The number of hydrogen-bond acceptors (Lipinski definition) is 5. The standard InChI is InChI=1S/C16H19N3O2/c1-6-18-16(19-12-2-4-17-5-3-12)13-10-15-14(9-11(1)13)20-7-8-21-15/h1,6,9-10,12,17H,2-5,7-8H2,(H,18,19). The average Bonchev–Trinajstić information content (AvgIpc) is 2.54. The van der Waals surface area contributed by atoms with Gasteiger partial charge in [-0.2, -0.15) is 0 Å². The third-order valence-electron chi connectivity index (χ3n) is 4.11. The summed E-state index contributed by atoms with van der Waals surface area (Å²) in [6, 6.07) is 6.58. The Bertz CT molecular complexity index is 653. The Kier molecular flexibility index (Phi) is 3.27. The molecule has 0 atom stereocenters. The van der Waals surface area contributed by atoms with Gasteiger partial charge in [-0.1, -0.05) is 0 Å². The Morgan fingerprint density at radius 2 is 1.86 bits per heavy atom. The van der Waals surface area contributed by atoms with E-state index in [0.717, 1.165) is 54.0 Å². The highest BCUT2D eigenvalue weighted by molar-refractivity contribution is 5.94. The zero-order valence-electron chi connectivity index (χ0n) is 11.9. The third-order valence-corrected chi connectivity index (χ3v) is 4.11. The fraction of sp³-hybridized carbons (Fsp3) is 0.438. The quantitative estimate of drug-likeness (QED) is 0.885. The van der Waals surface area contributed by atoms with E-state index in [4.69, 9.17) is 9.47 Å². The van der Waals surface area contributed by atoms with Gasteiger partial charge in [0.25, 0.3) is 0 Å². The first kappa shape index (κ1) is 12.7. The van der Waals surface area contributed by atoms with Crippen molar-refractivity contribution in [1.82, 2.24) is 10.3 Å². The summed E-state index contributed by atoms with van der Waals surface area (Å²) in [5, 5.41) is 9.19. The number of fused-ring (bicyclic) bond motifs is 2. The molecule has 1 aromatic heterocycles. The van der Waals surface area contributed by atoms with Crippen LogP contribution in [0.3, 0.4) is 0 Å². The number of nitrogens with zero attached hydrogens (tertiary/aromatic N) is 1. The maximum absolute atomic E-state index is 5.69. The van der Waals surface area contributed by atoms with Gasteiger partial charge in [0.15, 0.2) is 11.5 Å². The van der Waals surface area contributed by atoms with Gasteiger partial charge in [0.1, 0.15) is 19.0 Å². The fourth-order valence-electron chi connectivity index (χ4n) is 2.98. The highest BCUT2D eigenvalue weighted by Crippen LogP contribution is 2.36. The van der Waals surface area contributed by atoms with Crippen molar-refractivity contribution in [3.63, 3.8) is 0 Å². The molecule has 2 N–H and O–H groups in total. The van der Waals surface area contributed by atoms with E-state index in [1.165, 1.54) is 0 Å². The summed E-state index contributed by atoms with van der Waals surface area (Å²) < 4.78 is 11.3. The van der Waals surface area contributed by atoms with Crippen LogP contribution in [0, 0.1) is 0 Å². The maximum Gasteiger partial charge on any atom is 0.162 e. The molecule has 2 aromatic rings. The molecule has 0 radical (unpaired) electrons. The molecule has 2 aliphatic rings. The highest BCUT2D eigenvalue weighted by Gasteiger charge is 2.17. The van der Waals surface area contributed by atoms with E-state index in [1.807, 2.05) is 24.4 Å². The molecule has 5 heteroatoms. The van der Waals surface area contributed by atoms with E-state index in [-0.39, 0.29) is 0 Å². The van der Waals surface area contributed by atoms with E-state index < -0.39 is 0 Å². The van der Waals surface area contributed by atoms with Crippen molar-refractivity contribution >= 4 is 16.6 Å². The molecule has 1 aromatic carbocycles. The number of pyridine rings is 1. The fourth-order valence-corrected chi connectivity index (χ4v) is 2.98. The van der Waals surface area contributed by atoms with Crippen molar-refractivity contribution in [3.8, 4) is 11.5 Å². The molecule has 0 aliphatic carbocycles. The first-order chi connectivity index (χ1) is 10.4. The number of benzene rings is 1. The lowest BCUT2D eigenvalue weighted by atomic mass is 10.1. The normalized spacial score (nSPS) is 18.7. The number of ether oxygens (including phenoxy) is 2. The molecule has 110 valence electrons. The summed E-state index contributed by atoms with van der Waals surface area (Å²) in [6.07, 6.45) is 4.10. The highest BCUT2D eigenvalue weighted by atomic mass is 16.6. The van der Waals surface area contributed by atoms with Crippen LogP contribution in [0.25, 0.3) is 10.8 Å². The molecule has 0 amide bonds. The van der Waals surface area contributed by atoms with Crippen LogP contribution in [0.2, 0.25) is 0 Å². The minimum absolute atomic E-state index is 0.484. The number of nitrogens with one attached hydrogen (secondary N) is 2. The molecule has 2 aliphatic heterocycles. The second-order valence-corrected chi connectivity index (χ2v) is 5.55. The van der Waals surface area contributed by atoms with Crippen LogP contribution >= 0.6 is 0 Å². The van der Waals surface area contributed by atoms with Crippen molar-refractivity contribution in [2.45, 2.75) is 18.9 Å². The number of rotatable bonds is 2. The van der Waals surface area contributed by atoms with E-state index in [1.54, 1.807) is 0 Å². The van der Waals surface area contributed by atoms with Crippen LogP contribution in [0.5, 0.6) is 11.5 Å². The second-order valence-electron chi connectivity index (χ2n) is 5.55. The van der Waals surface area contributed by atoms with E-state index in [0.29, 0.717) is 19.3 Å². The Hall–Kier alpha value is -2.01. The van der Waals surface area contributed by atoms with Crippen molar-refractivity contribution in [3.05, 3.63) is 24.4 Å². The molecule has 5 nitrogen and oxygen atoms in total. The summed E-state index contributed by atoms with van der Waals surface area (Å²) in [5.41, 5.74) is 0. The van der Waals surface area contributed by atoms with Crippen LogP contribution < -0.4 is 20.1 Å². The molecule has 0 spiro atoms. The molecule has 1 fully saturated rings. The van der Waals surface area contributed by atoms with Crippen molar-refractivity contribution < 1.29 is 9.47 Å². The van der Waals surface area contributed by atoms with Crippen LogP contribution in [0.4, 0.5) is 5.82 Å². The average molecular weight is 285 g/mol. The van der Waals surface area contributed by atoms with Gasteiger partial charge in [0.2, 0.25) is 0 Å². The molecule has 3 heterocycles. The van der Waals surface area contributed by atoms with Gasteiger partial charge in [-0.05, 0) is 49.5 Å². The van der Waals surface area contributed by atoms with E-state index >= 15 is 0 Å². The van der Waals surface area contributed by atoms with Gasteiger partial charge in [-0.3, -0.25) is 0 Å². The minimum atomic E-state index is 0.484. The molecular weight excluding hydrogens is 266 g/mol. The van der Waals surface area contributed by atoms with Crippen molar-refractivity contribution in [2.75, 3.05) is 31.6 Å². The van der Waals surface area contributed by atoms with Gasteiger partial charge in [-0.15, -0.1) is 0 Å². The van der Waals surface area contributed by atoms with Crippen LogP contribution in [0.1, 0.15) is 12.8 Å². The lowest BCUT2D eigenvalue weighted by Crippen LogP contribution is -2.35. The molecule has 0 unspecified atom stereocenters. The number of aromatic nitrogens is 1. The van der Waals surface area contributed by atoms with Gasteiger partial charge >= 0.3 is 0 Å². The summed E-state index contributed by atoms with van der Waals surface area (Å²) in [5.74, 6) is 2.58. The number of hydrogen-bond donors (Lipinski definition) is 2. The van der Waals surface area contributed by atoms with Crippen LogP contribution in [-0.4, -0.2) is 37.3 Å². The first-order valence-electron chi connectivity index (χ1n) is 7.56. The number of piperidine rings is 1. The molecule has 0 bridgehead atoms. The Labute approximate surface area is 123 Å². The summed E-state index contributed by atoms with van der Waals surface area (Å²) in [4.78, 5) is 4.52. The van der Waals surface area contributed by atoms with Crippen molar-refractivity contribution in [1.29, 1.82) is 0 Å². The monoisotopic (exact) mass is 285 g/mol. The summed E-state index contributed by atoms with van der Waals surface area (Å²) in [6.45, 7) is 3.35. The predicted octanol–water partition coefficient (Wildman–Crippen LogP) is 2.17. The van der Waals surface area contributed by atoms with Crippen LogP contribution in [-0.2, 0) is 0 Å². The van der Waals surface area contributed by atoms with Gasteiger partial charge in [-0.25, -0.2) is 4.98 Å². The summed E-state index contributed by atoms with van der Waals surface area (Å²) >= 11 is 0. The van der Waals surface area contributed by atoms with Crippen molar-refractivity contribution in [2.24, 2.45) is 0 Å². The zero-order chi connectivity index (χ0) is 14.1. The molecule has 21 heavy (non-hydrogen) atoms. The van der Waals surface area contributed by atoms with Crippen LogP contribution in [0.15, 0.2) is 24.4 Å². The first-order valence-corrected chi connectivity index (χ1v) is 7.56. The second kappa shape index (κ2) is 5.41. The third kappa shape index (κ3) is 2.49. The zero-order valence-corrected chi connectivity index (χ0v) is 11.9. The van der Waals surface area contributed by atoms with Gasteiger partial charge < -0.3 is 20.1 Å². The summed E-state index contributed by atoms with van der Waals surface area (Å²) in [7, 11) is 0. The molecule has 0 saturated carbocycles. The van der Waals surface area contributed by atoms with E-state index in [2.05, 4.69) is 15.6 Å². The SMILES string of the molecule is c1cc2cc3c(cc2c(NC2CCNCC2)n1)OCCO3. The Morgan fingerprint density at radius 1 is 1.10 bits per heavy atom.